The predicted octanol–water partition coefficient (Wildman–Crippen LogP) is 2.55. The van der Waals surface area contributed by atoms with Crippen LogP contribution in [0.25, 0.3) is 11.6 Å². The van der Waals surface area contributed by atoms with E-state index in [1.54, 1.807) is 9.80 Å². The van der Waals surface area contributed by atoms with Crippen molar-refractivity contribution in [3.05, 3.63) is 36.2 Å². The van der Waals surface area contributed by atoms with E-state index in [2.05, 4.69) is 25.1 Å². The van der Waals surface area contributed by atoms with Gasteiger partial charge in [-0.05, 0) is 42.7 Å². The van der Waals surface area contributed by atoms with E-state index in [1.807, 2.05) is 37.4 Å². The van der Waals surface area contributed by atoms with Gasteiger partial charge in [-0.3, -0.25) is 4.79 Å². The molecule has 35 heavy (non-hydrogen) atoms. The second kappa shape index (κ2) is 8.88. The molecule has 1 aliphatic heterocycles. The lowest BCUT2D eigenvalue weighted by atomic mass is 10.2. The molecule has 0 spiro atoms. The summed E-state index contributed by atoms with van der Waals surface area (Å²) in [5, 5.41) is 3.93. The number of anilines is 3. The van der Waals surface area contributed by atoms with E-state index in [1.165, 1.54) is 25.7 Å². The number of rotatable bonds is 7. The number of likely N-dealkylation sites (tertiary alicyclic amines) is 1. The van der Waals surface area contributed by atoms with Crippen molar-refractivity contribution < 1.29 is 14.1 Å². The van der Waals surface area contributed by atoms with Gasteiger partial charge < -0.3 is 24.8 Å². The fourth-order valence-electron chi connectivity index (χ4n) is 5.30. The van der Waals surface area contributed by atoms with Crippen LogP contribution in [-0.4, -0.2) is 68.7 Å². The molecule has 11 heteroatoms. The van der Waals surface area contributed by atoms with Gasteiger partial charge in [0.25, 0.3) is 0 Å². The van der Waals surface area contributed by atoms with Gasteiger partial charge in [0.05, 0.1) is 12.7 Å². The van der Waals surface area contributed by atoms with Crippen LogP contribution in [0.15, 0.2) is 34.9 Å². The molecule has 3 aliphatic rings. The summed E-state index contributed by atoms with van der Waals surface area (Å²) in [6, 6.07) is 9.62. The number of amides is 1. The lowest BCUT2D eigenvalue weighted by Gasteiger charge is -2.18. The van der Waals surface area contributed by atoms with Crippen LogP contribution in [0.5, 0.6) is 0 Å². The molecule has 2 N–H and O–H groups in total. The van der Waals surface area contributed by atoms with E-state index >= 15 is 0 Å². The second-order valence-corrected chi connectivity index (χ2v) is 9.58. The molecule has 1 saturated heterocycles. The van der Waals surface area contributed by atoms with Crippen LogP contribution < -0.4 is 10.6 Å². The number of hydrogen-bond acceptors (Lipinski definition) is 10. The summed E-state index contributed by atoms with van der Waals surface area (Å²) in [6.07, 6.45) is 5.35. The van der Waals surface area contributed by atoms with Gasteiger partial charge in [0.15, 0.2) is 0 Å². The minimum atomic E-state index is -0.268. The normalized spacial score (nSPS) is 23.5. The lowest BCUT2D eigenvalue weighted by molar-refractivity contribution is 0.0407. The van der Waals surface area contributed by atoms with E-state index in [4.69, 9.17) is 15.0 Å². The molecule has 2 atom stereocenters. The molecule has 0 bridgehead atoms. The first-order valence-corrected chi connectivity index (χ1v) is 12.1. The molecule has 3 fully saturated rings. The highest BCUT2D eigenvalue weighted by Crippen LogP contribution is 2.52. The molecular weight excluding hydrogens is 448 g/mol. The summed E-state index contributed by atoms with van der Waals surface area (Å²) in [5.74, 6) is 1.82. The Morgan fingerprint density at radius 2 is 1.83 bits per heavy atom. The summed E-state index contributed by atoms with van der Waals surface area (Å²) in [5.41, 5.74) is 6.80. The monoisotopic (exact) mass is 476 g/mol. The number of para-hydroxylation sites is 1. The number of hydrogen-bond donors (Lipinski definition) is 1. The maximum atomic E-state index is 13.0. The topological polar surface area (TPSA) is 136 Å². The fourth-order valence-corrected chi connectivity index (χ4v) is 5.30. The molecule has 1 aromatic carbocycles. The molecule has 0 radical (unpaired) electrons. The Balaban J connectivity index is 1.10. The zero-order valence-electron chi connectivity index (χ0n) is 19.6. The number of benzene rings is 1. The lowest BCUT2D eigenvalue weighted by Crippen LogP contribution is -2.32. The third-order valence-electron chi connectivity index (χ3n) is 7.38. The average Bonchev–Trinajstić information content (AvgIpc) is 3.43. The van der Waals surface area contributed by atoms with Crippen molar-refractivity contribution in [2.24, 2.45) is 17.8 Å². The number of ether oxygens (including phenoxy) is 1. The maximum absolute atomic E-state index is 13.0. The van der Waals surface area contributed by atoms with Gasteiger partial charge >= 0.3 is 11.8 Å². The Hall–Kier alpha value is -3.60. The Kier molecular flexibility index (Phi) is 5.56. The van der Waals surface area contributed by atoms with Gasteiger partial charge in [-0.25, -0.2) is 0 Å². The summed E-state index contributed by atoms with van der Waals surface area (Å²) >= 11 is 0. The Morgan fingerprint density at radius 1 is 1.09 bits per heavy atom. The molecule has 3 heterocycles. The first-order chi connectivity index (χ1) is 17.1. The highest BCUT2D eigenvalue weighted by molar-refractivity contribution is 5.90. The Morgan fingerprint density at radius 3 is 2.57 bits per heavy atom. The summed E-state index contributed by atoms with van der Waals surface area (Å²) in [7, 11) is 1.82. The number of carbonyl (C=O) groups excluding carboxylic acids is 1. The van der Waals surface area contributed by atoms with Crippen LogP contribution in [0, 0.1) is 17.8 Å². The Bertz CT molecular complexity index is 1200. The van der Waals surface area contributed by atoms with Gasteiger partial charge in [0.1, 0.15) is 0 Å². The fraction of sp³-hybridized carbons (Fsp3) is 0.500. The number of nitrogens with zero attached hydrogens (tertiary/aromatic N) is 7. The van der Waals surface area contributed by atoms with E-state index in [-0.39, 0.29) is 29.4 Å². The number of aromatic nitrogens is 5. The van der Waals surface area contributed by atoms with Crippen molar-refractivity contribution in [2.75, 3.05) is 37.4 Å². The molecule has 1 amide bonds. The van der Waals surface area contributed by atoms with Gasteiger partial charge in [-0.15, -0.1) is 0 Å². The average molecular weight is 477 g/mol. The van der Waals surface area contributed by atoms with Crippen LogP contribution >= 0.6 is 0 Å². The van der Waals surface area contributed by atoms with E-state index in [0.717, 1.165) is 12.3 Å². The quantitative estimate of drug-likeness (QED) is 0.541. The molecular formula is C24H28N8O3. The SMILES string of the molecule is CN(c1ccccc1)c1nc(N)nc(-c2noc(C(=O)N3CC4C(COC5CCCC5)C4C3)n2)n1. The summed E-state index contributed by atoms with van der Waals surface area (Å²) in [6.45, 7) is 2.21. The molecule has 11 nitrogen and oxygen atoms in total. The molecule has 2 unspecified atom stereocenters. The van der Waals surface area contributed by atoms with Crippen molar-refractivity contribution >= 4 is 23.5 Å². The highest BCUT2D eigenvalue weighted by atomic mass is 16.5. The summed E-state index contributed by atoms with van der Waals surface area (Å²) < 4.78 is 11.4. The standard InChI is InChI=1S/C24H28N8O3/c1-31(14-7-3-2-4-8-14)24-28-19(27-23(25)29-24)20-26-21(35-30-20)22(33)32-11-16-17(12-32)18(16)13-34-15-9-5-6-10-15/h2-4,7-8,15-18H,5-6,9-13H2,1H3,(H2,25,27,28,29). The van der Waals surface area contributed by atoms with Crippen molar-refractivity contribution in [3.8, 4) is 11.6 Å². The molecule has 2 aliphatic carbocycles. The molecule has 2 aromatic heterocycles. The van der Waals surface area contributed by atoms with Crippen molar-refractivity contribution in [2.45, 2.75) is 31.8 Å². The zero-order valence-corrected chi connectivity index (χ0v) is 19.6. The van der Waals surface area contributed by atoms with Crippen LogP contribution in [0.2, 0.25) is 0 Å². The number of fused-ring (bicyclic) bond motifs is 1. The minimum absolute atomic E-state index is 0.0240. The van der Waals surface area contributed by atoms with Crippen LogP contribution in [0.1, 0.15) is 36.4 Å². The third-order valence-corrected chi connectivity index (χ3v) is 7.38. The number of carbonyl (C=O) groups is 1. The summed E-state index contributed by atoms with van der Waals surface area (Å²) in [4.78, 5) is 33.6. The largest absolute Gasteiger partial charge is 0.378 e. The zero-order chi connectivity index (χ0) is 23.9. The molecule has 182 valence electrons. The molecule has 2 saturated carbocycles. The van der Waals surface area contributed by atoms with Crippen molar-refractivity contribution in [1.29, 1.82) is 0 Å². The third kappa shape index (κ3) is 4.31. The van der Waals surface area contributed by atoms with Crippen molar-refractivity contribution in [3.63, 3.8) is 0 Å². The van der Waals surface area contributed by atoms with E-state index in [9.17, 15) is 4.79 Å². The van der Waals surface area contributed by atoms with E-state index in [0.29, 0.717) is 42.9 Å². The second-order valence-electron chi connectivity index (χ2n) is 9.58. The smallest absolute Gasteiger partial charge is 0.316 e. The highest BCUT2D eigenvalue weighted by Gasteiger charge is 2.57. The maximum Gasteiger partial charge on any atom is 0.316 e. The van der Waals surface area contributed by atoms with Gasteiger partial charge in [0.2, 0.25) is 23.5 Å². The van der Waals surface area contributed by atoms with Gasteiger partial charge in [0, 0.05) is 25.8 Å². The van der Waals surface area contributed by atoms with Gasteiger partial charge in [-0.2, -0.15) is 19.9 Å². The number of nitrogens with two attached hydrogens (primary N) is 1. The number of nitrogen functional groups attached to an aromatic ring is 1. The first-order valence-electron chi connectivity index (χ1n) is 12.1. The first kappa shape index (κ1) is 21.9. The van der Waals surface area contributed by atoms with Crippen LogP contribution in [-0.2, 0) is 4.74 Å². The van der Waals surface area contributed by atoms with Crippen molar-refractivity contribution in [1.82, 2.24) is 30.0 Å². The minimum Gasteiger partial charge on any atom is -0.378 e. The van der Waals surface area contributed by atoms with Crippen LogP contribution in [0.4, 0.5) is 17.6 Å². The number of piperidine rings is 1. The molecule has 3 aromatic rings. The Labute approximate surface area is 202 Å². The molecule has 6 rings (SSSR count). The van der Waals surface area contributed by atoms with Crippen LogP contribution in [0.3, 0.4) is 0 Å². The predicted molar refractivity (Wildman–Crippen MR) is 127 cm³/mol. The van der Waals surface area contributed by atoms with Gasteiger partial charge in [-0.1, -0.05) is 36.2 Å². The van der Waals surface area contributed by atoms with E-state index < -0.39 is 0 Å².